The maximum Gasteiger partial charge on any atom is 0.256 e. The number of amides is 1. The van der Waals surface area contributed by atoms with Gasteiger partial charge < -0.3 is 20.7 Å². The maximum atomic E-state index is 12.6. The molecule has 1 aromatic rings. The molecule has 0 unspecified atom stereocenters. The molecule has 0 saturated carbocycles. The van der Waals surface area contributed by atoms with Gasteiger partial charge in [-0.05, 0) is 43.9 Å². The molecule has 2 aliphatic rings. The molecule has 2 aliphatic heterocycles. The van der Waals surface area contributed by atoms with Crippen LogP contribution in [0.15, 0.2) is 18.2 Å². The second-order valence-electron chi connectivity index (χ2n) is 5.82. The van der Waals surface area contributed by atoms with Gasteiger partial charge in [0.15, 0.2) is 0 Å². The molecule has 5 heteroatoms. The zero-order chi connectivity index (χ0) is 14.7. The van der Waals surface area contributed by atoms with Crippen LogP contribution in [-0.2, 0) is 4.74 Å². The second kappa shape index (κ2) is 6.35. The van der Waals surface area contributed by atoms with E-state index in [-0.39, 0.29) is 12.0 Å². The molecule has 1 aromatic carbocycles. The van der Waals surface area contributed by atoms with Crippen molar-refractivity contribution in [2.45, 2.75) is 31.8 Å². The number of nitrogens with one attached hydrogen (secondary N) is 1. The van der Waals surface area contributed by atoms with Crippen molar-refractivity contribution in [3.05, 3.63) is 23.8 Å². The van der Waals surface area contributed by atoms with Crippen LogP contribution in [0.3, 0.4) is 0 Å². The zero-order valence-electron chi connectivity index (χ0n) is 12.3. The molecule has 0 bridgehead atoms. The predicted molar refractivity (Wildman–Crippen MR) is 83.5 cm³/mol. The molecule has 0 spiro atoms. The standard InChI is InChI=1S/C16H23N3O2/c17-12-5-6-15(18-11-13-4-3-9-21-13)14(10-12)16(20)19-7-1-2-8-19/h5-6,10,13,18H,1-4,7-9,11,17H2/t13-/m1/s1. The summed E-state index contributed by atoms with van der Waals surface area (Å²) in [6, 6.07) is 5.50. The first kappa shape index (κ1) is 14.2. The number of likely N-dealkylation sites (tertiary alicyclic amines) is 1. The number of carbonyl (C=O) groups excluding carboxylic acids is 1. The molecule has 3 rings (SSSR count). The fourth-order valence-corrected chi connectivity index (χ4v) is 3.01. The number of hydrogen-bond donors (Lipinski definition) is 2. The number of nitrogens with two attached hydrogens (primary N) is 1. The summed E-state index contributed by atoms with van der Waals surface area (Å²) in [7, 11) is 0. The van der Waals surface area contributed by atoms with Gasteiger partial charge in [-0.3, -0.25) is 4.79 Å². The van der Waals surface area contributed by atoms with Gasteiger partial charge in [-0.25, -0.2) is 0 Å². The highest BCUT2D eigenvalue weighted by Crippen LogP contribution is 2.23. The molecule has 0 aliphatic carbocycles. The summed E-state index contributed by atoms with van der Waals surface area (Å²) >= 11 is 0. The minimum absolute atomic E-state index is 0.0784. The van der Waals surface area contributed by atoms with Crippen molar-refractivity contribution in [1.29, 1.82) is 0 Å². The monoisotopic (exact) mass is 289 g/mol. The Morgan fingerprint density at radius 3 is 2.86 bits per heavy atom. The van der Waals surface area contributed by atoms with Crippen molar-refractivity contribution in [3.63, 3.8) is 0 Å². The van der Waals surface area contributed by atoms with E-state index in [4.69, 9.17) is 10.5 Å². The van der Waals surface area contributed by atoms with Gasteiger partial charge in [0.25, 0.3) is 5.91 Å². The molecule has 5 nitrogen and oxygen atoms in total. The molecule has 2 heterocycles. The second-order valence-corrected chi connectivity index (χ2v) is 5.82. The highest BCUT2D eigenvalue weighted by Gasteiger charge is 2.23. The molecule has 3 N–H and O–H groups in total. The molecule has 1 amide bonds. The summed E-state index contributed by atoms with van der Waals surface area (Å²) in [5, 5.41) is 3.36. The topological polar surface area (TPSA) is 67.6 Å². The quantitative estimate of drug-likeness (QED) is 0.833. The highest BCUT2D eigenvalue weighted by atomic mass is 16.5. The van der Waals surface area contributed by atoms with Gasteiger partial charge in [0, 0.05) is 37.6 Å². The number of hydrogen-bond acceptors (Lipinski definition) is 4. The van der Waals surface area contributed by atoms with Crippen molar-refractivity contribution in [1.82, 2.24) is 4.90 Å². The third-order valence-electron chi connectivity index (χ3n) is 4.21. The van der Waals surface area contributed by atoms with E-state index >= 15 is 0 Å². The van der Waals surface area contributed by atoms with Gasteiger partial charge in [0.2, 0.25) is 0 Å². The minimum atomic E-state index is 0.0784. The third kappa shape index (κ3) is 3.29. The summed E-state index contributed by atoms with van der Waals surface area (Å²) in [6.45, 7) is 3.27. The Morgan fingerprint density at radius 2 is 2.14 bits per heavy atom. The van der Waals surface area contributed by atoms with Gasteiger partial charge in [0.1, 0.15) is 0 Å². The lowest BCUT2D eigenvalue weighted by molar-refractivity contribution is 0.0793. The van der Waals surface area contributed by atoms with Gasteiger partial charge >= 0.3 is 0 Å². The predicted octanol–water partition coefficient (Wildman–Crippen LogP) is 2.10. The van der Waals surface area contributed by atoms with Crippen molar-refractivity contribution in [2.75, 3.05) is 37.3 Å². The summed E-state index contributed by atoms with van der Waals surface area (Å²) in [5.74, 6) is 0.0784. The Hall–Kier alpha value is -1.75. The van der Waals surface area contributed by atoms with Crippen LogP contribution in [0.2, 0.25) is 0 Å². The number of carbonyl (C=O) groups is 1. The minimum Gasteiger partial charge on any atom is -0.399 e. The lowest BCUT2D eigenvalue weighted by Gasteiger charge is -2.20. The van der Waals surface area contributed by atoms with Gasteiger partial charge in [-0.15, -0.1) is 0 Å². The summed E-state index contributed by atoms with van der Waals surface area (Å²) < 4.78 is 5.62. The average Bonchev–Trinajstić information content (AvgIpc) is 3.18. The highest BCUT2D eigenvalue weighted by molar-refractivity contribution is 6.00. The first-order chi connectivity index (χ1) is 10.2. The van der Waals surface area contributed by atoms with Crippen LogP contribution in [-0.4, -0.2) is 43.2 Å². The fraction of sp³-hybridized carbons (Fsp3) is 0.562. The van der Waals surface area contributed by atoms with Crippen molar-refractivity contribution < 1.29 is 9.53 Å². The average molecular weight is 289 g/mol. The van der Waals surface area contributed by atoms with Crippen LogP contribution in [0.5, 0.6) is 0 Å². The lowest BCUT2D eigenvalue weighted by Crippen LogP contribution is -2.29. The van der Waals surface area contributed by atoms with E-state index in [2.05, 4.69) is 5.32 Å². The largest absolute Gasteiger partial charge is 0.399 e. The number of nitrogen functional groups attached to an aromatic ring is 1. The third-order valence-corrected chi connectivity index (χ3v) is 4.21. The fourth-order valence-electron chi connectivity index (χ4n) is 3.01. The Morgan fingerprint density at radius 1 is 1.33 bits per heavy atom. The van der Waals surface area contributed by atoms with Crippen LogP contribution >= 0.6 is 0 Å². The Kier molecular flexibility index (Phi) is 4.29. The van der Waals surface area contributed by atoms with E-state index in [1.165, 1.54) is 0 Å². The van der Waals surface area contributed by atoms with Gasteiger partial charge in [-0.1, -0.05) is 0 Å². The van der Waals surface area contributed by atoms with Crippen LogP contribution in [0.4, 0.5) is 11.4 Å². The van der Waals surface area contributed by atoms with E-state index in [0.29, 0.717) is 11.3 Å². The molecule has 0 radical (unpaired) electrons. The molecule has 2 saturated heterocycles. The van der Waals surface area contributed by atoms with Crippen molar-refractivity contribution in [3.8, 4) is 0 Å². The first-order valence-corrected chi connectivity index (χ1v) is 7.78. The smallest absolute Gasteiger partial charge is 0.256 e. The number of rotatable bonds is 4. The molecule has 1 atom stereocenters. The molecular formula is C16H23N3O2. The van der Waals surface area contributed by atoms with E-state index in [0.717, 1.165) is 57.6 Å². The van der Waals surface area contributed by atoms with Gasteiger partial charge in [0.05, 0.1) is 11.7 Å². The number of nitrogens with zero attached hydrogens (tertiary/aromatic N) is 1. The van der Waals surface area contributed by atoms with Crippen LogP contribution < -0.4 is 11.1 Å². The molecule has 21 heavy (non-hydrogen) atoms. The van der Waals surface area contributed by atoms with Gasteiger partial charge in [-0.2, -0.15) is 0 Å². The van der Waals surface area contributed by atoms with E-state index in [1.54, 1.807) is 6.07 Å². The molecule has 0 aromatic heterocycles. The van der Waals surface area contributed by atoms with Crippen LogP contribution in [0, 0.1) is 0 Å². The zero-order valence-corrected chi connectivity index (χ0v) is 12.3. The maximum absolute atomic E-state index is 12.6. The Bertz CT molecular complexity index is 506. The number of anilines is 2. The van der Waals surface area contributed by atoms with Crippen molar-refractivity contribution in [2.24, 2.45) is 0 Å². The van der Waals surface area contributed by atoms with Crippen LogP contribution in [0.1, 0.15) is 36.0 Å². The number of benzene rings is 1. The van der Waals surface area contributed by atoms with E-state index in [9.17, 15) is 4.79 Å². The van der Waals surface area contributed by atoms with E-state index in [1.807, 2.05) is 17.0 Å². The van der Waals surface area contributed by atoms with E-state index < -0.39 is 0 Å². The lowest BCUT2D eigenvalue weighted by atomic mass is 10.1. The molecular weight excluding hydrogens is 266 g/mol. The number of ether oxygens (including phenoxy) is 1. The summed E-state index contributed by atoms with van der Waals surface area (Å²) in [6.07, 6.45) is 4.63. The first-order valence-electron chi connectivity index (χ1n) is 7.78. The normalized spacial score (nSPS) is 21.7. The Labute approximate surface area is 125 Å². The Balaban J connectivity index is 1.73. The van der Waals surface area contributed by atoms with Crippen molar-refractivity contribution >= 4 is 17.3 Å². The molecule has 2 fully saturated rings. The van der Waals surface area contributed by atoms with Crippen LogP contribution in [0.25, 0.3) is 0 Å². The SMILES string of the molecule is Nc1ccc(NC[C@H]2CCCO2)c(C(=O)N2CCCC2)c1. The summed E-state index contributed by atoms with van der Waals surface area (Å²) in [5.41, 5.74) is 8.02. The summed E-state index contributed by atoms with van der Waals surface area (Å²) in [4.78, 5) is 14.5. The molecule has 114 valence electrons.